The van der Waals surface area contributed by atoms with Crippen LogP contribution in [0, 0.1) is 11.7 Å². The molecule has 1 aromatic heterocycles. The third-order valence-electron chi connectivity index (χ3n) is 3.66. The van der Waals surface area contributed by atoms with Crippen LogP contribution >= 0.6 is 11.6 Å². The molecule has 0 aliphatic heterocycles. The first-order valence-corrected chi connectivity index (χ1v) is 6.71. The molecule has 1 N–H and O–H groups in total. The number of carboxylic acid groups (broad SMARTS) is 1. The van der Waals surface area contributed by atoms with Crippen molar-refractivity contribution < 1.29 is 19.0 Å². The smallest absolute Gasteiger partial charge is 0.449 e. The van der Waals surface area contributed by atoms with Crippen molar-refractivity contribution in [3.05, 3.63) is 39.4 Å². The second-order valence-corrected chi connectivity index (χ2v) is 5.57. The van der Waals surface area contributed by atoms with Gasteiger partial charge in [0.2, 0.25) is 5.43 Å². The molecule has 21 heavy (non-hydrogen) atoms. The zero-order chi connectivity index (χ0) is 15.3. The van der Waals surface area contributed by atoms with Gasteiger partial charge in [-0.3, -0.25) is 4.79 Å². The average molecular weight is 312 g/mol. The maximum Gasteiger partial charge on any atom is 0.511 e. The zero-order valence-electron chi connectivity index (χ0n) is 11.0. The highest BCUT2D eigenvalue weighted by atomic mass is 35.5. The highest BCUT2D eigenvalue weighted by Crippen LogP contribution is 2.44. The number of aromatic nitrogens is 1. The summed E-state index contributed by atoms with van der Waals surface area (Å²) in [6, 6.07) is 2.51. The minimum Gasteiger partial charge on any atom is -0.449 e. The van der Waals surface area contributed by atoms with Crippen molar-refractivity contribution in [3.8, 4) is 5.75 Å². The van der Waals surface area contributed by atoms with Crippen molar-refractivity contribution in [2.24, 2.45) is 5.92 Å². The molecular weight excluding hydrogens is 301 g/mol. The summed E-state index contributed by atoms with van der Waals surface area (Å²) in [6.07, 6.45) is 0.650. The van der Waals surface area contributed by atoms with E-state index in [4.69, 9.17) is 16.7 Å². The molecule has 5 nitrogen and oxygen atoms in total. The number of pyridine rings is 1. The van der Waals surface area contributed by atoms with Crippen molar-refractivity contribution in [2.45, 2.75) is 19.4 Å². The molecule has 3 rings (SSSR count). The van der Waals surface area contributed by atoms with Crippen molar-refractivity contribution in [1.82, 2.24) is 4.57 Å². The van der Waals surface area contributed by atoms with Crippen LogP contribution in [0.15, 0.2) is 23.1 Å². The molecule has 2 atom stereocenters. The van der Waals surface area contributed by atoms with E-state index in [1.165, 1.54) is 12.3 Å². The summed E-state index contributed by atoms with van der Waals surface area (Å²) in [4.78, 5) is 22.9. The second-order valence-electron chi connectivity index (χ2n) is 5.16. The third kappa shape index (κ3) is 2.35. The lowest BCUT2D eigenvalue weighted by atomic mass is 10.2. The number of fused-ring (bicyclic) bond motifs is 1. The maximum absolute atomic E-state index is 13.6. The molecule has 1 heterocycles. The molecule has 1 fully saturated rings. The first kappa shape index (κ1) is 13.9. The van der Waals surface area contributed by atoms with Gasteiger partial charge in [-0.15, -0.1) is 0 Å². The topological polar surface area (TPSA) is 68.5 Å². The Balaban J connectivity index is 2.32. The Morgan fingerprint density at radius 2 is 2.19 bits per heavy atom. The van der Waals surface area contributed by atoms with Gasteiger partial charge >= 0.3 is 6.16 Å². The van der Waals surface area contributed by atoms with E-state index >= 15 is 0 Å². The molecule has 1 saturated carbocycles. The van der Waals surface area contributed by atoms with Gasteiger partial charge in [0.25, 0.3) is 0 Å². The standard InChI is InChI=1S/C14H11ClFNO4/c1-6-2-10(6)17-5-12(21-14(19)20)13(18)7-3-9(16)8(15)4-11(7)17/h3-6,10H,2H2,1H3,(H,19,20). The first-order valence-electron chi connectivity index (χ1n) is 6.33. The number of benzene rings is 1. The van der Waals surface area contributed by atoms with E-state index in [1.807, 2.05) is 6.92 Å². The molecule has 1 aliphatic carbocycles. The lowest BCUT2D eigenvalue weighted by molar-refractivity contribution is 0.143. The van der Waals surface area contributed by atoms with E-state index < -0.39 is 17.4 Å². The molecule has 2 aromatic rings. The minimum atomic E-state index is -1.59. The second kappa shape index (κ2) is 4.73. The van der Waals surface area contributed by atoms with E-state index in [0.29, 0.717) is 11.4 Å². The van der Waals surface area contributed by atoms with Crippen LogP contribution in [0.5, 0.6) is 5.75 Å². The van der Waals surface area contributed by atoms with Crippen LogP contribution in [0.25, 0.3) is 10.9 Å². The first-order chi connectivity index (χ1) is 9.88. The van der Waals surface area contributed by atoms with Gasteiger partial charge < -0.3 is 14.4 Å². The fourth-order valence-electron chi connectivity index (χ4n) is 2.45. The lowest BCUT2D eigenvalue weighted by Crippen LogP contribution is -2.16. The third-order valence-corrected chi connectivity index (χ3v) is 3.95. The quantitative estimate of drug-likeness (QED) is 0.863. The number of hydrogen-bond donors (Lipinski definition) is 1. The maximum atomic E-state index is 13.6. The Kier molecular flexibility index (Phi) is 3.13. The summed E-state index contributed by atoms with van der Waals surface area (Å²) >= 11 is 5.78. The van der Waals surface area contributed by atoms with Gasteiger partial charge in [0.15, 0.2) is 5.75 Å². The molecular formula is C14H11ClFNO4. The highest BCUT2D eigenvalue weighted by molar-refractivity contribution is 6.31. The molecule has 0 radical (unpaired) electrons. The van der Waals surface area contributed by atoms with Crippen LogP contribution in [-0.4, -0.2) is 15.8 Å². The summed E-state index contributed by atoms with van der Waals surface area (Å²) in [7, 11) is 0. The summed E-state index contributed by atoms with van der Waals surface area (Å²) in [5.74, 6) is -0.683. The van der Waals surface area contributed by atoms with Gasteiger partial charge in [-0.25, -0.2) is 9.18 Å². The number of hydrogen-bond acceptors (Lipinski definition) is 3. The zero-order valence-corrected chi connectivity index (χ0v) is 11.7. The predicted octanol–water partition coefficient (Wildman–Crippen LogP) is 3.43. The number of carbonyl (C=O) groups is 1. The molecule has 0 spiro atoms. The van der Waals surface area contributed by atoms with Gasteiger partial charge in [-0.05, 0) is 24.5 Å². The van der Waals surface area contributed by atoms with Gasteiger partial charge in [-0.1, -0.05) is 18.5 Å². The fraction of sp³-hybridized carbons (Fsp3) is 0.286. The van der Waals surface area contributed by atoms with E-state index in [-0.39, 0.29) is 22.2 Å². The molecule has 7 heteroatoms. The van der Waals surface area contributed by atoms with Crippen LogP contribution in [0.4, 0.5) is 9.18 Å². The summed E-state index contributed by atoms with van der Waals surface area (Å²) in [5.41, 5.74) is -0.203. The van der Waals surface area contributed by atoms with Crippen LogP contribution in [0.2, 0.25) is 5.02 Å². The molecule has 0 amide bonds. The number of rotatable bonds is 2. The monoisotopic (exact) mass is 311 g/mol. The molecule has 0 bridgehead atoms. The largest absolute Gasteiger partial charge is 0.511 e. The summed E-state index contributed by atoms with van der Waals surface area (Å²) in [6.45, 7) is 2.03. The van der Waals surface area contributed by atoms with E-state index in [9.17, 15) is 14.0 Å². The predicted molar refractivity (Wildman–Crippen MR) is 74.6 cm³/mol. The van der Waals surface area contributed by atoms with Crippen LogP contribution in [-0.2, 0) is 0 Å². The molecule has 0 saturated heterocycles. The van der Waals surface area contributed by atoms with E-state index in [0.717, 1.165) is 12.5 Å². The Hall–Kier alpha value is -2.08. The molecule has 110 valence electrons. The van der Waals surface area contributed by atoms with Gasteiger partial charge in [-0.2, -0.15) is 0 Å². The summed E-state index contributed by atoms with van der Waals surface area (Å²) < 4.78 is 19.8. The van der Waals surface area contributed by atoms with E-state index in [1.54, 1.807) is 4.57 Å². The minimum absolute atomic E-state index is 0.0507. The number of ether oxygens (including phenoxy) is 1. The number of halogens is 2. The van der Waals surface area contributed by atoms with Crippen LogP contribution in [0.3, 0.4) is 0 Å². The van der Waals surface area contributed by atoms with Crippen LogP contribution < -0.4 is 10.2 Å². The summed E-state index contributed by atoms with van der Waals surface area (Å²) in [5, 5.41) is 8.66. The Labute approximate surface area is 123 Å². The van der Waals surface area contributed by atoms with Crippen molar-refractivity contribution in [2.75, 3.05) is 0 Å². The molecule has 1 aliphatic rings. The molecule has 1 aromatic carbocycles. The Morgan fingerprint density at radius 3 is 2.76 bits per heavy atom. The Bertz CT molecular complexity index is 817. The SMILES string of the molecule is CC1CC1n1cc(OC(=O)O)c(=O)c2cc(F)c(Cl)cc21. The number of nitrogens with zero attached hydrogens (tertiary/aromatic N) is 1. The average Bonchev–Trinajstić information content (AvgIpc) is 3.12. The van der Waals surface area contributed by atoms with Gasteiger partial charge in [0.05, 0.1) is 22.1 Å². The lowest BCUT2D eigenvalue weighted by Gasteiger charge is -2.13. The normalized spacial score (nSPS) is 20.5. The van der Waals surface area contributed by atoms with Crippen molar-refractivity contribution in [1.29, 1.82) is 0 Å². The van der Waals surface area contributed by atoms with Crippen LogP contribution in [0.1, 0.15) is 19.4 Å². The van der Waals surface area contributed by atoms with Crippen molar-refractivity contribution in [3.63, 3.8) is 0 Å². The molecule has 2 unspecified atom stereocenters. The van der Waals surface area contributed by atoms with Gasteiger partial charge in [0, 0.05) is 6.04 Å². The van der Waals surface area contributed by atoms with Gasteiger partial charge in [0.1, 0.15) is 5.82 Å². The van der Waals surface area contributed by atoms with E-state index in [2.05, 4.69) is 4.74 Å². The van der Waals surface area contributed by atoms with Crippen molar-refractivity contribution >= 4 is 28.7 Å². The highest BCUT2D eigenvalue weighted by Gasteiger charge is 2.35. The Morgan fingerprint density at radius 1 is 1.52 bits per heavy atom. The fourth-order valence-corrected chi connectivity index (χ4v) is 2.61.